The van der Waals surface area contributed by atoms with Crippen LogP contribution in [0, 0.1) is 10.4 Å². The first-order chi connectivity index (χ1) is 6.27. The van der Waals surface area contributed by atoms with Crippen molar-refractivity contribution in [2.45, 2.75) is 0 Å². The van der Waals surface area contributed by atoms with Gasteiger partial charge in [0.1, 0.15) is 0 Å². The minimum absolute atomic E-state index is 0. The molecule has 78 valence electrons. The molecule has 1 amide bonds. The average molecular weight is 235 g/mol. The molecule has 0 spiro atoms. The monoisotopic (exact) mass is 234 g/mol. The molecule has 2 aliphatic rings. The highest BCUT2D eigenvalue weighted by molar-refractivity contribution is 6.14. The number of nitrogens with one attached hydrogen (secondary N) is 2. The highest BCUT2D eigenvalue weighted by Crippen LogP contribution is 2.04. The number of halogens is 2. The Labute approximate surface area is 93.7 Å². The first-order valence-electron chi connectivity index (χ1n) is 3.92. The average Bonchev–Trinajstić information content (AvgIpc) is 2.12. The van der Waals surface area contributed by atoms with Crippen LogP contribution in [-0.4, -0.2) is 19.5 Å². The lowest BCUT2D eigenvalue weighted by Crippen LogP contribution is -2.26. The number of hydrogen-bond acceptors (Lipinski definition) is 2. The summed E-state index contributed by atoms with van der Waals surface area (Å²) >= 11 is 4.96. The van der Waals surface area contributed by atoms with Crippen molar-refractivity contribution in [3.63, 3.8) is 0 Å². The first kappa shape index (κ1) is 13.2. The molecule has 0 atom stereocenters. The lowest BCUT2D eigenvalue weighted by atomic mass is 10.1. The van der Waals surface area contributed by atoms with Gasteiger partial charge in [0, 0.05) is 7.05 Å². The largest absolute Gasteiger partial charge is 0.358 e. The van der Waals surface area contributed by atoms with Gasteiger partial charge < -0.3 is 5.32 Å². The van der Waals surface area contributed by atoms with Crippen LogP contribution in [0.4, 0.5) is 0 Å². The smallest absolute Gasteiger partial charge is 0.235 e. The molecule has 0 bridgehead atoms. The Kier molecular flexibility index (Phi) is 6.28. The van der Waals surface area contributed by atoms with Crippen LogP contribution in [0.2, 0.25) is 0 Å². The number of amides is 1. The zero-order valence-corrected chi connectivity index (χ0v) is 9.28. The lowest BCUT2D eigenvalue weighted by molar-refractivity contribution is -0.119. The standard InChI is InChI=1S/C6H4.C3H7ClN2O.ClH/c1-2-6-4-3-5(1)6;1-5-3(7)2-6-4;/h1-4H;6H,2H2,1H3,(H,5,7);1H. The molecule has 3 nitrogen and oxygen atoms in total. The van der Waals surface area contributed by atoms with E-state index in [9.17, 15) is 4.79 Å². The van der Waals surface area contributed by atoms with Gasteiger partial charge in [0.15, 0.2) is 0 Å². The van der Waals surface area contributed by atoms with Gasteiger partial charge in [-0.25, -0.2) is 4.84 Å². The minimum atomic E-state index is -0.116. The molecule has 0 heterocycles. The van der Waals surface area contributed by atoms with E-state index in [2.05, 4.69) is 34.4 Å². The number of likely N-dealkylation sites (N-methyl/N-ethyl adjacent to an activating group) is 1. The SMILES string of the molecule is CNC(=O)CNCl.Cl.c1cc2ccc1=2. The summed E-state index contributed by atoms with van der Waals surface area (Å²) in [6, 6.07) is 8.48. The summed E-state index contributed by atoms with van der Waals surface area (Å²) in [7, 11) is 1.55. The molecule has 0 aromatic rings. The molecule has 0 aromatic carbocycles. The minimum Gasteiger partial charge on any atom is -0.358 e. The lowest BCUT2D eigenvalue weighted by Gasteiger charge is -1.95. The van der Waals surface area contributed by atoms with E-state index < -0.39 is 0 Å². The van der Waals surface area contributed by atoms with Crippen molar-refractivity contribution in [3.8, 4) is 0 Å². The number of rotatable bonds is 2. The molecule has 0 saturated carbocycles. The Bertz CT molecular complexity index is 330. The molecule has 2 N–H and O–H groups in total. The van der Waals surface area contributed by atoms with Gasteiger partial charge in [-0.2, -0.15) is 0 Å². The molecular formula is C9H12Cl2N2O. The summed E-state index contributed by atoms with van der Waals surface area (Å²) in [5, 5.41) is 5.23. The van der Waals surface area contributed by atoms with Crippen LogP contribution in [0.3, 0.4) is 0 Å². The summed E-state index contributed by atoms with van der Waals surface area (Å²) in [4.78, 5) is 12.3. The van der Waals surface area contributed by atoms with Crippen LogP contribution in [0.25, 0.3) is 0 Å². The van der Waals surface area contributed by atoms with Crippen molar-refractivity contribution in [2.24, 2.45) is 0 Å². The summed E-state index contributed by atoms with van der Waals surface area (Å²) in [6.07, 6.45) is 0. The Morgan fingerprint density at radius 1 is 1.29 bits per heavy atom. The zero-order chi connectivity index (χ0) is 9.68. The number of carbonyl (C=O) groups is 1. The third kappa shape index (κ3) is 3.54. The molecule has 0 saturated heterocycles. The van der Waals surface area contributed by atoms with Crippen LogP contribution in [-0.2, 0) is 4.79 Å². The van der Waals surface area contributed by atoms with Crippen LogP contribution < -0.4 is 10.2 Å². The van der Waals surface area contributed by atoms with Crippen LogP contribution in [0.1, 0.15) is 0 Å². The number of benzene rings is 1. The van der Waals surface area contributed by atoms with Crippen molar-refractivity contribution in [1.29, 1.82) is 0 Å². The van der Waals surface area contributed by atoms with Gasteiger partial charge in [-0.3, -0.25) is 4.79 Å². The van der Waals surface area contributed by atoms with Crippen molar-refractivity contribution in [3.05, 3.63) is 34.7 Å². The van der Waals surface area contributed by atoms with E-state index in [1.807, 2.05) is 0 Å². The molecular weight excluding hydrogens is 223 g/mol. The first-order valence-corrected chi connectivity index (χ1v) is 4.30. The van der Waals surface area contributed by atoms with E-state index in [0.717, 1.165) is 0 Å². The fourth-order valence-electron chi connectivity index (χ4n) is 0.812. The van der Waals surface area contributed by atoms with Gasteiger partial charge in [-0.05, 0) is 22.2 Å². The second-order valence-corrected chi connectivity index (χ2v) is 2.83. The quantitative estimate of drug-likeness (QED) is 0.767. The third-order valence-corrected chi connectivity index (χ3v) is 1.86. The van der Waals surface area contributed by atoms with Gasteiger partial charge in [0.2, 0.25) is 5.91 Å². The summed E-state index contributed by atoms with van der Waals surface area (Å²) in [6.45, 7) is 0.165. The van der Waals surface area contributed by atoms with Crippen molar-refractivity contribution >= 4 is 30.1 Å². The molecule has 0 aromatic heterocycles. The van der Waals surface area contributed by atoms with Gasteiger partial charge >= 0.3 is 0 Å². The predicted molar refractivity (Wildman–Crippen MR) is 59.3 cm³/mol. The maximum Gasteiger partial charge on any atom is 0.235 e. The van der Waals surface area contributed by atoms with Crippen molar-refractivity contribution in [1.82, 2.24) is 10.2 Å². The van der Waals surface area contributed by atoms with E-state index in [1.165, 1.54) is 10.4 Å². The normalized spacial score (nSPS) is 9.00. The van der Waals surface area contributed by atoms with E-state index in [0.29, 0.717) is 0 Å². The van der Waals surface area contributed by atoms with Crippen LogP contribution >= 0.6 is 24.2 Å². The van der Waals surface area contributed by atoms with E-state index in [-0.39, 0.29) is 24.9 Å². The molecule has 2 aliphatic carbocycles. The molecule has 0 unspecified atom stereocenters. The van der Waals surface area contributed by atoms with Gasteiger partial charge in [0.25, 0.3) is 0 Å². The maximum atomic E-state index is 10.2. The Hall–Kier alpha value is -0.770. The second-order valence-electron chi connectivity index (χ2n) is 2.56. The topological polar surface area (TPSA) is 41.1 Å². The maximum absolute atomic E-state index is 10.2. The highest BCUT2D eigenvalue weighted by atomic mass is 35.5. The summed E-state index contributed by atoms with van der Waals surface area (Å²) in [5.74, 6) is -0.116. The van der Waals surface area contributed by atoms with Crippen LogP contribution in [0.5, 0.6) is 0 Å². The molecule has 0 aliphatic heterocycles. The molecule has 0 radical (unpaired) electrons. The molecule has 0 fully saturated rings. The predicted octanol–water partition coefficient (Wildman–Crippen LogP) is 1.18. The van der Waals surface area contributed by atoms with Crippen molar-refractivity contribution in [2.75, 3.05) is 13.6 Å². The second kappa shape index (κ2) is 6.65. The summed E-state index contributed by atoms with van der Waals surface area (Å²) < 4.78 is 0. The number of hydrogen-bond donors (Lipinski definition) is 2. The fraction of sp³-hybridized carbons (Fsp3) is 0.222. The van der Waals surface area contributed by atoms with Gasteiger partial charge in [-0.15, -0.1) is 12.4 Å². The van der Waals surface area contributed by atoms with E-state index >= 15 is 0 Å². The molecule has 2 rings (SSSR count). The Balaban J connectivity index is 0.000000225. The van der Waals surface area contributed by atoms with Crippen LogP contribution in [0.15, 0.2) is 24.3 Å². The third-order valence-electron chi connectivity index (χ3n) is 1.72. The van der Waals surface area contributed by atoms with E-state index in [4.69, 9.17) is 11.8 Å². The fourth-order valence-corrected chi connectivity index (χ4v) is 0.933. The van der Waals surface area contributed by atoms with Gasteiger partial charge in [-0.1, -0.05) is 24.3 Å². The van der Waals surface area contributed by atoms with Gasteiger partial charge in [0.05, 0.1) is 6.54 Å². The van der Waals surface area contributed by atoms with E-state index in [1.54, 1.807) is 7.05 Å². The zero-order valence-electron chi connectivity index (χ0n) is 7.71. The molecule has 14 heavy (non-hydrogen) atoms. The number of carbonyl (C=O) groups excluding carboxylic acids is 1. The molecule has 5 heteroatoms. The van der Waals surface area contributed by atoms with Crippen molar-refractivity contribution < 1.29 is 4.79 Å². The Morgan fingerprint density at radius 2 is 1.71 bits per heavy atom. The summed E-state index contributed by atoms with van der Waals surface area (Å²) in [5.41, 5.74) is 0. The highest BCUT2D eigenvalue weighted by Gasteiger charge is 1.90. The Morgan fingerprint density at radius 3 is 1.79 bits per heavy atom.